The summed E-state index contributed by atoms with van der Waals surface area (Å²) in [5, 5.41) is 14.5. The fourth-order valence-corrected chi connectivity index (χ4v) is 3.89. The van der Waals surface area contributed by atoms with Gasteiger partial charge in [-0.1, -0.05) is 54.6 Å². The minimum absolute atomic E-state index is 0.120. The van der Waals surface area contributed by atoms with Gasteiger partial charge in [0.05, 0.1) is 11.6 Å². The number of allylic oxidation sites excluding steroid dienone is 1. The first kappa shape index (κ1) is 21.9. The van der Waals surface area contributed by atoms with E-state index in [1.165, 1.54) is 10.6 Å². The quantitative estimate of drug-likeness (QED) is 0.218. The number of nitrogens with two attached hydrogens (primary N) is 1. The van der Waals surface area contributed by atoms with Gasteiger partial charge in [0.15, 0.2) is 5.78 Å². The molecule has 0 aliphatic carbocycles. The zero-order valence-corrected chi connectivity index (χ0v) is 18.2. The first-order chi connectivity index (χ1) is 16.0. The second-order valence-electron chi connectivity index (χ2n) is 7.84. The average Bonchev–Trinajstić information content (AvgIpc) is 2.83. The molecule has 6 heteroatoms. The van der Waals surface area contributed by atoms with Crippen molar-refractivity contribution in [3.05, 3.63) is 112 Å². The van der Waals surface area contributed by atoms with Gasteiger partial charge in [-0.15, -0.1) is 0 Å². The van der Waals surface area contributed by atoms with Gasteiger partial charge in [0.25, 0.3) is 5.56 Å². The van der Waals surface area contributed by atoms with Crippen LogP contribution in [-0.4, -0.2) is 15.5 Å². The third kappa shape index (κ3) is 4.65. The Kier molecular flexibility index (Phi) is 6.26. The molecule has 33 heavy (non-hydrogen) atoms. The number of rotatable bonds is 7. The van der Waals surface area contributed by atoms with Crippen LogP contribution in [0.25, 0.3) is 10.9 Å². The zero-order valence-electron chi connectivity index (χ0n) is 18.2. The molecular formula is C27H25N3O3. The Morgan fingerprint density at radius 3 is 2.55 bits per heavy atom. The normalized spacial score (nSPS) is 12.2. The van der Waals surface area contributed by atoms with Crippen molar-refractivity contribution in [3.8, 4) is 5.75 Å². The third-order valence-corrected chi connectivity index (χ3v) is 5.59. The standard InChI is InChI=1S/C27H25N3O3/c1-30-23-15-6-5-13-21(23)26(32)25(27(30)33)24(31)16-8-14-22(18-9-3-2-4-10-18)29-20-12-7-11-19(28)17-20/h2-13,15-17,22,29,32H,14,28H2,1H3/b16-8+/t22-/m0/s1. The molecule has 4 N–H and O–H groups in total. The van der Waals surface area contributed by atoms with Crippen molar-refractivity contribution in [1.82, 2.24) is 4.57 Å². The van der Waals surface area contributed by atoms with E-state index >= 15 is 0 Å². The number of carbonyl (C=O) groups is 1. The number of hydrogen-bond acceptors (Lipinski definition) is 5. The molecule has 0 unspecified atom stereocenters. The number of carbonyl (C=O) groups excluding carboxylic acids is 1. The van der Waals surface area contributed by atoms with E-state index < -0.39 is 11.3 Å². The van der Waals surface area contributed by atoms with E-state index in [0.717, 1.165) is 11.3 Å². The number of nitrogens with one attached hydrogen (secondary N) is 1. The van der Waals surface area contributed by atoms with Crippen molar-refractivity contribution in [2.24, 2.45) is 7.05 Å². The molecule has 1 atom stereocenters. The van der Waals surface area contributed by atoms with E-state index in [1.54, 1.807) is 37.4 Å². The molecule has 0 saturated heterocycles. The fourth-order valence-electron chi connectivity index (χ4n) is 3.89. The number of ketones is 1. The smallest absolute Gasteiger partial charge is 0.265 e. The summed E-state index contributed by atoms with van der Waals surface area (Å²) in [6.07, 6.45) is 3.55. The van der Waals surface area contributed by atoms with Gasteiger partial charge in [-0.3, -0.25) is 9.59 Å². The Morgan fingerprint density at radius 1 is 1.06 bits per heavy atom. The van der Waals surface area contributed by atoms with Gasteiger partial charge >= 0.3 is 0 Å². The van der Waals surface area contributed by atoms with Gasteiger partial charge in [-0.25, -0.2) is 0 Å². The molecular weight excluding hydrogens is 414 g/mol. The van der Waals surface area contributed by atoms with E-state index in [4.69, 9.17) is 5.73 Å². The molecule has 166 valence electrons. The predicted molar refractivity (Wildman–Crippen MR) is 133 cm³/mol. The third-order valence-electron chi connectivity index (χ3n) is 5.59. The molecule has 0 aliphatic rings. The number of aromatic nitrogens is 1. The van der Waals surface area contributed by atoms with Crippen LogP contribution in [0.1, 0.15) is 28.4 Å². The topological polar surface area (TPSA) is 97.4 Å². The van der Waals surface area contributed by atoms with E-state index in [9.17, 15) is 14.7 Å². The largest absolute Gasteiger partial charge is 0.506 e. The number of aryl methyl sites for hydroxylation is 1. The zero-order chi connectivity index (χ0) is 23.4. The summed E-state index contributed by atoms with van der Waals surface area (Å²) >= 11 is 0. The van der Waals surface area contributed by atoms with Crippen LogP contribution >= 0.6 is 0 Å². The Hall–Kier alpha value is -4.32. The van der Waals surface area contributed by atoms with Crippen molar-refractivity contribution in [3.63, 3.8) is 0 Å². The summed E-state index contributed by atoms with van der Waals surface area (Å²) < 4.78 is 1.38. The average molecular weight is 440 g/mol. The lowest BCUT2D eigenvalue weighted by atomic mass is 10.0. The Morgan fingerprint density at radius 2 is 1.79 bits per heavy atom. The predicted octanol–water partition coefficient (Wildman–Crippen LogP) is 4.81. The maximum Gasteiger partial charge on any atom is 0.265 e. The maximum absolute atomic E-state index is 12.9. The molecule has 0 fully saturated rings. The van der Waals surface area contributed by atoms with Crippen molar-refractivity contribution >= 4 is 28.1 Å². The number of fused-ring (bicyclic) bond motifs is 1. The molecule has 6 nitrogen and oxygen atoms in total. The van der Waals surface area contributed by atoms with Crippen LogP contribution < -0.4 is 16.6 Å². The summed E-state index contributed by atoms with van der Waals surface area (Å²) in [6, 6.07) is 24.2. The van der Waals surface area contributed by atoms with Crippen LogP contribution in [0.4, 0.5) is 11.4 Å². The lowest BCUT2D eigenvalue weighted by molar-refractivity contribution is 0.104. The molecule has 0 bridgehead atoms. The number of hydrogen-bond donors (Lipinski definition) is 3. The van der Waals surface area contributed by atoms with Crippen molar-refractivity contribution in [2.45, 2.75) is 12.5 Å². The number of benzene rings is 3. The van der Waals surface area contributed by atoms with Gasteiger partial charge in [-0.2, -0.15) is 0 Å². The summed E-state index contributed by atoms with van der Waals surface area (Å²) in [7, 11) is 1.59. The van der Waals surface area contributed by atoms with Crippen molar-refractivity contribution in [2.75, 3.05) is 11.1 Å². The van der Waals surface area contributed by atoms with E-state index in [-0.39, 0.29) is 17.4 Å². The van der Waals surface area contributed by atoms with E-state index in [0.29, 0.717) is 23.0 Å². The number of nitrogens with zero attached hydrogens (tertiary/aromatic N) is 1. The fraction of sp³-hybridized carbons (Fsp3) is 0.111. The molecule has 1 heterocycles. The molecule has 0 spiro atoms. The highest BCUT2D eigenvalue weighted by Gasteiger charge is 2.19. The SMILES string of the molecule is Cn1c(=O)c(C(=O)/C=C/C[C@H](Nc2cccc(N)c2)c2ccccc2)c(O)c2ccccc21. The summed E-state index contributed by atoms with van der Waals surface area (Å²) in [5.41, 5.74) is 8.27. The Balaban J connectivity index is 1.61. The van der Waals surface area contributed by atoms with Crippen molar-refractivity contribution < 1.29 is 9.90 Å². The molecule has 4 aromatic rings. The van der Waals surface area contributed by atoms with Crippen LogP contribution in [-0.2, 0) is 7.05 Å². The first-order valence-electron chi connectivity index (χ1n) is 10.6. The summed E-state index contributed by atoms with van der Waals surface area (Å²) in [5.74, 6) is -0.824. The number of nitrogen functional groups attached to an aromatic ring is 1. The number of pyridine rings is 1. The minimum atomic E-state index is -0.533. The summed E-state index contributed by atoms with van der Waals surface area (Å²) in [6.45, 7) is 0. The van der Waals surface area contributed by atoms with E-state index in [1.807, 2.05) is 54.6 Å². The van der Waals surface area contributed by atoms with Crippen LogP contribution in [0.2, 0.25) is 0 Å². The monoisotopic (exact) mass is 439 g/mol. The maximum atomic E-state index is 12.9. The Labute approximate surface area is 191 Å². The first-order valence-corrected chi connectivity index (χ1v) is 10.6. The van der Waals surface area contributed by atoms with Crippen molar-refractivity contribution in [1.29, 1.82) is 0 Å². The highest BCUT2D eigenvalue weighted by atomic mass is 16.3. The van der Waals surface area contributed by atoms with Crippen LogP contribution in [0, 0.1) is 0 Å². The van der Waals surface area contributed by atoms with Gasteiger partial charge in [-0.05, 0) is 48.4 Å². The minimum Gasteiger partial charge on any atom is -0.506 e. The van der Waals surface area contributed by atoms with Gasteiger partial charge in [0.1, 0.15) is 11.3 Å². The van der Waals surface area contributed by atoms with Gasteiger partial charge < -0.3 is 20.7 Å². The van der Waals surface area contributed by atoms with Crippen LogP contribution in [0.5, 0.6) is 5.75 Å². The molecule has 0 saturated carbocycles. The number of para-hydroxylation sites is 1. The Bertz CT molecular complexity index is 1390. The lowest BCUT2D eigenvalue weighted by Crippen LogP contribution is -2.24. The van der Waals surface area contributed by atoms with Crippen LogP contribution in [0.3, 0.4) is 0 Å². The van der Waals surface area contributed by atoms with Gasteiger partial charge in [0.2, 0.25) is 0 Å². The number of aromatic hydroxyl groups is 1. The second kappa shape index (κ2) is 9.44. The number of anilines is 2. The molecule has 0 aliphatic heterocycles. The molecule has 0 radical (unpaired) electrons. The van der Waals surface area contributed by atoms with Crippen LogP contribution in [0.15, 0.2) is 95.8 Å². The second-order valence-corrected chi connectivity index (χ2v) is 7.84. The molecule has 3 aromatic carbocycles. The lowest BCUT2D eigenvalue weighted by Gasteiger charge is -2.19. The molecule has 1 aromatic heterocycles. The van der Waals surface area contributed by atoms with E-state index in [2.05, 4.69) is 5.32 Å². The highest BCUT2D eigenvalue weighted by molar-refractivity contribution is 6.09. The summed E-state index contributed by atoms with van der Waals surface area (Å²) in [4.78, 5) is 25.7. The highest BCUT2D eigenvalue weighted by Crippen LogP contribution is 2.27. The molecule has 4 rings (SSSR count). The van der Waals surface area contributed by atoms with Gasteiger partial charge in [0, 0.05) is 23.8 Å². The molecule has 0 amide bonds.